The van der Waals surface area contributed by atoms with Crippen LogP contribution in [0.15, 0.2) is 64.7 Å². The standard InChI is InChI=1S/C22H22F3NO3S2/c1-15(9-10-16-5-2-6-17(13-16)22(23,24)25)31-20-19(29-21(27)28)8-3-11-26(20)14-18-7-4-12-30-18/h2-8,12-13,15H,9-11,14H2,1H3,(H,27,28). The van der Waals surface area contributed by atoms with Gasteiger partial charge in [-0.15, -0.1) is 23.1 Å². The Morgan fingerprint density at radius 3 is 2.81 bits per heavy atom. The summed E-state index contributed by atoms with van der Waals surface area (Å²) in [6, 6.07) is 9.34. The first-order chi connectivity index (χ1) is 14.7. The third-order valence-corrected chi connectivity index (χ3v) is 6.81. The highest BCUT2D eigenvalue weighted by Crippen LogP contribution is 2.35. The molecule has 0 radical (unpaired) electrons. The van der Waals surface area contributed by atoms with Gasteiger partial charge in [0.1, 0.15) is 5.03 Å². The maximum absolute atomic E-state index is 12.9. The second-order valence-corrected chi connectivity index (χ2v) is 9.52. The van der Waals surface area contributed by atoms with Crippen LogP contribution < -0.4 is 0 Å². The lowest BCUT2D eigenvalue weighted by Crippen LogP contribution is -2.26. The third kappa shape index (κ3) is 6.80. The van der Waals surface area contributed by atoms with Crippen molar-refractivity contribution in [2.24, 2.45) is 0 Å². The Morgan fingerprint density at radius 2 is 2.13 bits per heavy atom. The zero-order chi connectivity index (χ0) is 22.4. The Morgan fingerprint density at radius 1 is 1.32 bits per heavy atom. The average Bonchev–Trinajstić information content (AvgIpc) is 3.21. The van der Waals surface area contributed by atoms with E-state index in [0.717, 1.165) is 16.0 Å². The summed E-state index contributed by atoms with van der Waals surface area (Å²) in [5, 5.41) is 11.8. The van der Waals surface area contributed by atoms with E-state index in [1.165, 1.54) is 23.9 Å². The fourth-order valence-corrected chi connectivity index (χ4v) is 5.00. The van der Waals surface area contributed by atoms with Crippen LogP contribution in [0.5, 0.6) is 0 Å². The summed E-state index contributed by atoms with van der Waals surface area (Å²) in [5.41, 5.74) is -0.0260. The number of alkyl halides is 3. The van der Waals surface area contributed by atoms with Gasteiger partial charge in [-0.3, -0.25) is 0 Å². The van der Waals surface area contributed by atoms with Crippen molar-refractivity contribution >= 4 is 29.3 Å². The van der Waals surface area contributed by atoms with Crippen LogP contribution in [-0.2, 0) is 23.9 Å². The highest BCUT2D eigenvalue weighted by atomic mass is 32.2. The van der Waals surface area contributed by atoms with E-state index in [-0.39, 0.29) is 11.0 Å². The number of hydrogen-bond donors (Lipinski definition) is 1. The highest BCUT2D eigenvalue weighted by molar-refractivity contribution is 8.03. The minimum absolute atomic E-state index is 0.0364. The van der Waals surface area contributed by atoms with Crippen LogP contribution in [0.3, 0.4) is 0 Å². The molecule has 2 aromatic rings. The van der Waals surface area contributed by atoms with E-state index in [4.69, 9.17) is 9.84 Å². The van der Waals surface area contributed by atoms with E-state index < -0.39 is 17.9 Å². The number of rotatable bonds is 8. The van der Waals surface area contributed by atoms with Crippen molar-refractivity contribution < 1.29 is 27.8 Å². The lowest BCUT2D eigenvalue weighted by atomic mass is 10.1. The molecule has 31 heavy (non-hydrogen) atoms. The number of carboxylic acid groups (broad SMARTS) is 1. The molecule has 0 spiro atoms. The van der Waals surface area contributed by atoms with Gasteiger partial charge in [-0.1, -0.05) is 37.3 Å². The molecule has 1 aliphatic rings. The Bertz CT molecular complexity index is 955. The molecule has 0 amide bonds. The van der Waals surface area contributed by atoms with Crippen molar-refractivity contribution in [1.29, 1.82) is 0 Å². The summed E-state index contributed by atoms with van der Waals surface area (Å²) in [7, 11) is 0. The average molecular weight is 470 g/mol. The number of thiophene rings is 1. The van der Waals surface area contributed by atoms with Crippen LogP contribution >= 0.6 is 23.1 Å². The normalized spacial score (nSPS) is 15.3. The zero-order valence-electron chi connectivity index (χ0n) is 16.8. The Balaban J connectivity index is 1.70. The zero-order valence-corrected chi connectivity index (χ0v) is 18.4. The second-order valence-electron chi connectivity index (χ2n) is 7.06. The Labute approximate surface area is 187 Å². The molecule has 2 heterocycles. The van der Waals surface area contributed by atoms with E-state index in [1.54, 1.807) is 23.5 Å². The molecular weight excluding hydrogens is 447 g/mol. The smallest absolute Gasteiger partial charge is 0.449 e. The molecule has 1 unspecified atom stereocenters. The molecule has 0 saturated heterocycles. The number of thioether (sulfide) groups is 1. The molecule has 0 fully saturated rings. The number of benzene rings is 1. The topological polar surface area (TPSA) is 49.8 Å². The second kappa shape index (κ2) is 10.3. The van der Waals surface area contributed by atoms with Gasteiger partial charge < -0.3 is 14.7 Å². The lowest BCUT2D eigenvalue weighted by molar-refractivity contribution is -0.137. The molecule has 9 heteroatoms. The van der Waals surface area contributed by atoms with Crippen LogP contribution in [0.1, 0.15) is 29.3 Å². The van der Waals surface area contributed by atoms with Crippen molar-refractivity contribution in [3.63, 3.8) is 0 Å². The predicted molar refractivity (Wildman–Crippen MR) is 117 cm³/mol. The van der Waals surface area contributed by atoms with Gasteiger partial charge >= 0.3 is 12.3 Å². The van der Waals surface area contributed by atoms with Crippen molar-refractivity contribution in [3.05, 3.63) is 80.7 Å². The molecule has 0 aliphatic carbocycles. The quantitative estimate of drug-likeness (QED) is 0.433. The van der Waals surface area contributed by atoms with Crippen LogP contribution in [0.2, 0.25) is 0 Å². The van der Waals surface area contributed by atoms with Gasteiger partial charge in [-0.2, -0.15) is 13.2 Å². The minimum Gasteiger partial charge on any atom is -0.449 e. The lowest BCUT2D eigenvalue weighted by Gasteiger charge is -2.30. The van der Waals surface area contributed by atoms with Gasteiger partial charge in [-0.25, -0.2) is 4.79 Å². The first kappa shape index (κ1) is 23.3. The van der Waals surface area contributed by atoms with E-state index in [9.17, 15) is 18.0 Å². The van der Waals surface area contributed by atoms with Crippen molar-refractivity contribution in [2.45, 2.75) is 37.7 Å². The van der Waals surface area contributed by atoms with Gasteiger partial charge in [-0.05, 0) is 42.0 Å². The number of allylic oxidation sites excluding steroid dienone is 1. The molecule has 1 N–H and O–H groups in total. The minimum atomic E-state index is -4.36. The van der Waals surface area contributed by atoms with Gasteiger partial charge in [0.05, 0.1) is 12.1 Å². The first-order valence-corrected chi connectivity index (χ1v) is 11.4. The largest absolute Gasteiger partial charge is 0.511 e. The number of nitrogens with zero attached hydrogens (tertiary/aromatic N) is 1. The molecular formula is C22H22F3NO3S2. The number of carbonyl (C=O) groups is 1. The molecule has 166 valence electrons. The first-order valence-electron chi connectivity index (χ1n) is 9.64. The maximum atomic E-state index is 12.9. The van der Waals surface area contributed by atoms with Crippen molar-refractivity contribution in [2.75, 3.05) is 6.54 Å². The predicted octanol–water partition coefficient (Wildman–Crippen LogP) is 6.76. The van der Waals surface area contributed by atoms with Gasteiger partial charge in [0.15, 0.2) is 5.76 Å². The summed E-state index contributed by atoms with van der Waals surface area (Å²) in [6.07, 6.45) is -1.12. The molecule has 0 saturated carbocycles. The fourth-order valence-electron chi connectivity index (χ4n) is 3.15. The van der Waals surface area contributed by atoms with E-state index >= 15 is 0 Å². The Hall–Kier alpha value is -2.39. The summed E-state index contributed by atoms with van der Waals surface area (Å²) >= 11 is 3.09. The van der Waals surface area contributed by atoms with Crippen molar-refractivity contribution in [3.8, 4) is 0 Å². The molecule has 1 aromatic heterocycles. The number of halogens is 3. The maximum Gasteiger partial charge on any atom is 0.511 e. The fraction of sp³-hybridized carbons (Fsp3) is 0.318. The van der Waals surface area contributed by atoms with E-state index in [0.29, 0.717) is 31.5 Å². The molecule has 1 atom stereocenters. The van der Waals surface area contributed by atoms with E-state index in [2.05, 4.69) is 4.90 Å². The molecule has 3 rings (SSSR count). The van der Waals surface area contributed by atoms with Crippen LogP contribution in [-0.4, -0.2) is 28.0 Å². The van der Waals surface area contributed by atoms with Gasteiger partial charge in [0.2, 0.25) is 0 Å². The van der Waals surface area contributed by atoms with Crippen LogP contribution in [0.4, 0.5) is 18.0 Å². The number of hydrogen-bond acceptors (Lipinski definition) is 5. The summed E-state index contributed by atoms with van der Waals surface area (Å²) in [6.45, 7) is 3.22. The highest BCUT2D eigenvalue weighted by Gasteiger charge is 2.30. The molecule has 4 nitrogen and oxygen atoms in total. The SMILES string of the molecule is CC(CCc1cccc(C(F)(F)F)c1)SC1=C(OC(=O)O)C=CCN1Cc1cccs1. The number of ether oxygens (including phenoxy) is 1. The van der Waals surface area contributed by atoms with Crippen molar-refractivity contribution in [1.82, 2.24) is 4.90 Å². The van der Waals surface area contributed by atoms with Crippen LogP contribution in [0, 0.1) is 0 Å². The van der Waals surface area contributed by atoms with E-state index in [1.807, 2.05) is 30.5 Å². The number of aryl methyl sites for hydroxylation is 1. The monoisotopic (exact) mass is 469 g/mol. The van der Waals surface area contributed by atoms with Gasteiger partial charge in [0, 0.05) is 16.7 Å². The molecule has 1 aliphatic heterocycles. The summed E-state index contributed by atoms with van der Waals surface area (Å²) < 4.78 is 43.8. The molecule has 1 aromatic carbocycles. The third-order valence-electron chi connectivity index (χ3n) is 4.62. The Kier molecular flexibility index (Phi) is 7.72. The molecule has 0 bridgehead atoms. The summed E-state index contributed by atoms with van der Waals surface area (Å²) in [4.78, 5) is 14.3. The van der Waals surface area contributed by atoms with Crippen LogP contribution in [0.25, 0.3) is 0 Å². The summed E-state index contributed by atoms with van der Waals surface area (Å²) in [5.74, 6) is 0.270. The van der Waals surface area contributed by atoms with Gasteiger partial charge in [0.25, 0.3) is 0 Å².